The molecular weight excluding hydrogens is 226 g/mol. The van der Waals surface area contributed by atoms with Crippen molar-refractivity contribution >= 4 is 17.3 Å². The minimum Gasteiger partial charge on any atom is -0.372 e. The molecule has 1 aliphatic carbocycles. The number of nitrogens with one attached hydrogen (secondary N) is 2. The van der Waals surface area contributed by atoms with Crippen molar-refractivity contribution in [2.24, 2.45) is 5.92 Å². The highest BCUT2D eigenvalue weighted by Crippen LogP contribution is 2.37. The summed E-state index contributed by atoms with van der Waals surface area (Å²) < 4.78 is 2.00. The van der Waals surface area contributed by atoms with Crippen LogP contribution in [-0.2, 0) is 0 Å². The van der Waals surface area contributed by atoms with Crippen molar-refractivity contribution in [2.45, 2.75) is 32.2 Å². The van der Waals surface area contributed by atoms with Gasteiger partial charge in [0, 0.05) is 25.5 Å². The summed E-state index contributed by atoms with van der Waals surface area (Å²) >= 11 is 0. The van der Waals surface area contributed by atoms with Crippen molar-refractivity contribution in [3.63, 3.8) is 0 Å². The van der Waals surface area contributed by atoms with Crippen LogP contribution in [0.5, 0.6) is 0 Å². The highest BCUT2D eigenvalue weighted by atomic mass is 15.2. The molecule has 2 unspecified atom stereocenters. The maximum absolute atomic E-state index is 4.56. The Morgan fingerprint density at radius 1 is 1.50 bits per heavy atom. The van der Waals surface area contributed by atoms with Gasteiger partial charge in [-0.1, -0.05) is 13.3 Å². The predicted molar refractivity (Wildman–Crippen MR) is 73.0 cm³/mol. The van der Waals surface area contributed by atoms with Gasteiger partial charge in [0.25, 0.3) is 0 Å². The van der Waals surface area contributed by atoms with Crippen LogP contribution in [-0.4, -0.2) is 27.5 Å². The van der Waals surface area contributed by atoms with Crippen molar-refractivity contribution in [3.8, 4) is 0 Å². The summed E-state index contributed by atoms with van der Waals surface area (Å²) in [7, 11) is 1.88. The van der Waals surface area contributed by atoms with E-state index in [4.69, 9.17) is 0 Å². The summed E-state index contributed by atoms with van der Waals surface area (Å²) in [4.78, 5) is 8.92. The molecule has 2 aromatic heterocycles. The fourth-order valence-corrected chi connectivity index (χ4v) is 2.44. The molecule has 0 aromatic carbocycles. The molecule has 1 fully saturated rings. The van der Waals surface area contributed by atoms with Gasteiger partial charge in [0.15, 0.2) is 11.5 Å². The first-order valence-electron chi connectivity index (χ1n) is 6.59. The zero-order valence-electron chi connectivity index (χ0n) is 10.8. The van der Waals surface area contributed by atoms with Gasteiger partial charge < -0.3 is 15.0 Å². The van der Waals surface area contributed by atoms with Crippen molar-refractivity contribution in [2.75, 3.05) is 17.7 Å². The Kier molecular flexibility index (Phi) is 2.81. The summed E-state index contributed by atoms with van der Waals surface area (Å²) in [6.07, 6.45) is 9.51. The number of rotatable bonds is 5. The van der Waals surface area contributed by atoms with Gasteiger partial charge >= 0.3 is 0 Å². The minimum atomic E-state index is 0.574. The zero-order valence-corrected chi connectivity index (χ0v) is 10.8. The van der Waals surface area contributed by atoms with E-state index in [-0.39, 0.29) is 0 Å². The molecule has 0 saturated heterocycles. The number of hydrogen-bond acceptors (Lipinski definition) is 4. The molecule has 0 bridgehead atoms. The summed E-state index contributed by atoms with van der Waals surface area (Å²) in [5, 5.41) is 6.60. The summed E-state index contributed by atoms with van der Waals surface area (Å²) in [5.41, 5.74) is 0.899. The van der Waals surface area contributed by atoms with Crippen molar-refractivity contribution in [1.82, 2.24) is 14.4 Å². The number of nitrogens with zero attached hydrogens (tertiary/aromatic N) is 3. The quantitative estimate of drug-likeness (QED) is 0.849. The van der Waals surface area contributed by atoms with Gasteiger partial charge in [-0.25, -0.2) is 9.97 Å². The average molecular weight is 245 g/mol. The fourth-order valence-electron chi connectivity index (χ4n) is 2.44. The van der Waals surface area contributed by atoms with E-state index >= 15 is 0 Å². The van der Waals surface area contributed by atoms with Crippen LogP contribution < -0.4 is 10.6 Å². The number of imidazole rings is 1. The molecule has 0 amide bonds. The first-order valence-corrected chi connectivity index (χ1v) is 6.59. The number of fused-ring (bicyclic) bond motifs is 1. The van der Waals surface area contributed by atoms with Crippen LogP contribution in [0.4, 0.5) is 11.6 Å². The van der Waals surface area contributed by atoms with Crippen molar-refractivity contribution in [1.29, 1.82) is 0 Å². The van der Waals surface area contributed by atoms with E-state index in [1.54, 1.807) is 6.20 Å². The third-order valence-electron chi connectivity index (χ3n) is 3.53. The van der Waals surface area contributed by atoms with E-state index in [1.165, 1.54) is 19.3 Å². The van der Waals surface area contributed by atoms with E-state index in [9.17, 15) is 0 Å². The van der Waals surface area contributed by atoms with Crippen molar-refractivity contribution in [3.05, 3.63) is 18.6 Å². The molecule has 2 atom stereocenters. The molecule has 5 heteroatoms. The topological polar surface area (TPSA) is 54.2 Å². The standard InChI is InChI=1S/C13H19N5/c1-3-4-9-7-10(9)16-12-13-15-5-6-18(13)8-11(14-2)17-12/h5-6,8-10,14H,3-4,7H2,1-2H3,(H,16,17). The van der Waals surface area contributed by atoms with Crippen molar-refractivity contribution < 1.29 is 0 Å². The van der Waals surface area contributed by atoms with Crippen LogP contribution in [0.1, 0.15) is 26.2 Å². The molecule has 2 heterocycles. The van der Waals surface area contributed by atoms with Crippen LogP contribution in [0.25, 0.3) is 5.65 Å². The molecule has 2 N–H and O–H groups in total. The molecule has 1 aliphatic rings. The second-order valence-electron chi connectivity index (χ2n) is 4.92. The van der Waals surface area contributed by atoms with Crippen LogP contribution in [0.15, 0.2) is 18.6 Å². The molecule has 5 nitrogen and oxygen atoms in total. The number of aromatic nitrogens is 3. The maximum Gasteiger partial charge on any atom is 0.180 e. The normalized spacial score (nSPS) is 22.1. The third kappa shape index (κ3) is 2.00. The SMILES string of the molecule is CCCC1CC1Nc1nc(NC)cn2ccnc12. The van der Waals surface area contributed by atoms with Gasteiger partial charge in [-0.05, 0) is 18.8 Å². The Bertz CT molecular complexity index is 547. The Morgan fingerprint density at radius 2 is 2.39 bits per heavy atom. The lowest BCUT2D eigenvalue weighted by Crippen LogP contribution is -2.09. The van der Waals surface area contributed by atoms with E-state index in [1.807, 2.05) is 23.8 Å². The molecule has 0 spiro atoms. The summed E-state index contributed by atoms with van der Waals surface area (Å²) in [6, 6.07) is 0.574. The lowest BCUT2D eigenvalue weighted by atomic mass is 10.2. The van der Waals surface area contributed by atoms with Crippen LogP contribution >= 0.6 is 0 Å². The van der Waals surface area contributed by atoms with Gasteiger partial charge in [0.1, 0.15) is 5.82 Å². The minimum absolute atomic E-state index is 0.574. The third-order valence-corrected chi connectivity index (χ3v) is 3.53. The first-order chi connectivity index (χ1) is 8.81. The highest BCUT2D eigenvalue weighted by Gasteiger charge is 2.36. The first kappa shape index (κ1) is 11.3. The lowest BCUT2D eigenvalue weighted by Gasteiger charge is -2.09. The van der Waals surface area contributed by atoms with E-state index in [2.05, 4.69) is 27.5 Å². The lowest BCUT2D eigenvalue weighted by molar-refractivity contribution is 0.692. The van der Waals surface area contributed by atoms with Crippen LogP contribution in [0.3, 0.4) is 0 Å². The Balaban J connectivity index is 1.84. The van der Waals surface area contributed by atoms with Gasteiger partial charge in [-0.15, -0.1) is 0 Å². The molecule has 0 radical (unpaired) electrons. The number of hydrogen-bond donors (Lipinski definition) is 2. The van der Waals surface area contributed by atoms with E-state index in [0.717, 1.165) is 23.2 Å². The molecule has 18 heavy (non-hydrogen) atoms. The largest absolute Gasteiger partial charge is 0.372 e. The highest BCUT2D eigenvalue weighted by molar-refractivity contribution is 5.66. The molecule has 1 saturated carbocycles. The number of anilines is 2. The average Bonchev–Trinajstić information content (AvgIpc) is 2.92. The molecule has 0 aliphatic heterocycles. The second-order valence-corrected chi connectivity index (χ2v) is 4.92. The van der Waals surface area contributed by atoms with Gasteiger partial charge in [-0.2, -0.15) is 0 Å². The smallest absolute Gasteiger partial charge is 0.180 e. The Hall–Kier alpha value is -1.78. The Labute approximate surface area is 107 Å². The second kappa shape index (κ2) is 4.48. The zero-order chi connectivity index (χ0) is 12.5. The predicted octanol–water partition coefficient (Wildman–Crippen LogP) is 2.37. The van der Waals surface area contributed by atoms with E-state index in [0.29, 0.717) is 6.04 Å². The summed E-state index contributed by atoms with van der Waals surface area (Å²) in [5.74, 6) is 2.55. The summed E-state index contributed by atoms with van der Waals surface area (Å²) in [6.45, 7) is 2.24. The molecular formula is C13H19N5. The molecule has 96 valence electrons. The molecule has 3 rings (SSSR count). The maximum atomic E-state index is 4.56. The van der Waals surface area contributed by atoms with E-state index < -0.39 is 0 Å². The van der Waals surface area contributed by atoms with Gasteiger partial charge in [0.2, 0.25) is 0 Å². The fraction of sp³-hybridized carbons (Fsp3) is 0.538. The molecule has 2 aromatic rings. The monoisotopic (exact) mass is 245 g/mol. The van der Waals surface area contributed by atoms with Crippen LogP contribution in [0, 0.1) is 5.92 Å². The van der Waals surface area contributed by atoms with Crippen LogP contribution in [0.2, 0.25) is 0 Å². The van der Waals surface area contributed by atoms with Gasteiger partial charge in [-0.3, -0.25) is 0 Å². The Morgan fingerprint density at radius 3 is 3.17 bits per heavy atom. The van der Waals surface area contributed by atoms with Gasteiger partial charge in [0.05, 0.1) is 6.20 Å².